The van der Waals surface area contributed by atoms with Gasteiger partial charge in [-0.2, -0.15) is 0 Å². The van der Waals surface area contributed by atoms with E-state index in [2.05, 4.69) is 5.32 Å². The van der Waals surface area contributed by atoms with Crippen molar-refractivity contribution in [3.05, 3.63) is 29.3 Å². The van der Waals surface area contributed by atoms with Gasteiger partial charge in [-0.25, -0.2) is 0 Å². The van der Waals surface area contributed by atoms with Crippen LogP contribution in [0.4, 0.5) is 0 Å². The number of carbonyl (C=O) groups is 1. The summed E-state index contributed by atoms with van der Waals surface area (Å²) in [4.78, 5) is 11.5. The largest absolute Gasteiger partial charge is 0.491 e. The first kappa shape index (κ1) is 14.8. The van der Waals surface area contributed by atoms with Gasteiger partial charge in [0.2, 0.25) is 5.91 Å². The molecule has 4 nitrogen and oxygen atoms in total. The van der Waals surface area contributed by atoms with Crippen LogP contribution in [0.5, 0.6) is 5.75 Å². The summed E-state index contributed by atoms with van der Waals surface area (Å²) in [5.41, 5.74) is 5.36. The van der Waals surface area contributed by atoms with E-state index in [0.717, 1.165) is 0 Å². The fraction of sp³-hybridized carbons (Fsp3) is 0.462. The van der Waals surface area contributed by atoms with Gasteiger partial charge in [0.05, 0.1) is 18.1 Å². The smallest absolute Gasteiger partial charge is 0.223 e. The summed E-state index contributed by atoms with van der Waals surface area (Å²) in [5.74, 6) is 0.506. The van der Waals surface area contributed by atoms with Gasteiger partial charge in [-0.05, 0) is 26.0 Å². The molecule has 0 heterocycles. The Morgan fingerprint density at radius 3 is 2.72 bits per heavy atom. The topological polar surface area (TPSA) is 64.3 Å². The minimum absolute atomic E-state index is 0.0828. The second-order valence-electron chi connectivity index (χ2n) is 4.79. The summed E-state index contributed by atoms with van der Waals surface area (Å²) in [6.45, 7) is 4.44. The Labute approximate surface area is 112 Å². The van der Waals surface area contributed by atoms with Crippen molar-refractivity contribution in [2.24, 2.45) is 5.73 Å². The second kappa shape index (κ2) is 6.61. The van der Waals surface area contributed by atoms with Crippen molar-refractivity contribution in [1.29, 1.82) is 0 Å². The van der Waals surface area contributed by atoms with Crippen molar-refractivity contribution in [3.8, 4) is 5.75 Å². The van der Waals surface area contributed by atoms with Crippen LogP contribution in [0.15, 0.2) is 24.3 Å². The monoisotopic (exact) mass is 270 g/mol. The maximum atomic E-state index is 11.5. The molecule has 1 amide bonds. The molecule has 0 spiro atoms. The average Bonchev–Trinajstić information content (AvgIpc) is 2.28. The summed E-state index contributed by atoms with van der Waals surface area (Å²) < 4.78 is 5.42. The molecule has 0 saturated heterocycles. The Hall–Kier alpha value is -1.26. The third-order valence-corrected chi connectivity index (χ3v) is 2.48. The second-order valence-corrected chi connectivity index (χ2v) is 5.20. The van der Waals surface area contributed by atoms with Crippen LogP contribution in [0, 0.1) is 0 Å². The molecule has 0 aliphatic carbocycles. The highest BCUT2D eigenvalue weighted by Crippen LogP contribution is 2.22. The van der Waals surface area contributed by atoms with Crippen molar-refractivity contribution in [1.82, 2.24) is 5.32 Å². The van der Waals surface area contributed by atoms with Crippen molar-refractivity contribution < 1.29 is 9.53 Å². The number of hydrogen-bond donors (Lipinski definition) is 2. The number of rotatable bonds is 6. The third-order valence-electron chi connectivity index (χ3n) is 2.16. The molecule has 0 unspecified atom stereocenters. The summed E-state index contributed by atoms with van der Waals surface area (Å²) in [5, 5.41) is 3.29. The zero-order valence-electron chi connectivity index (χ0n) is 10.7. The lowest BCUT2D eigenvalue weighted by molar-refractivity contribution is -0.121. The average molecular weight is 271 g/mol. The van der Waals surface area contributed by atoms with Crippen LogP contribution in [0.3, 0.4) is 0 Å². The SMILES string of the molecule is CC(C)(N)CNC(=O)CCOc1ccccc1Cl. The number of benzene rings is 1. The molecule has 1 aromatic rings. The van der Waals surface area contributed by atoms with Gasteiger partial charge < -0.3 is 15.8 Å². The number of nitrogens with one attached hydrogen (secondary N) is 1. The maximum Gasteiger partial charge on any atom is 0.223 e. The molecule has 18 heavy (non-hydrogen) atoms. The van der Waals surface area contributed by atoms with Crippen molar-refractivity contribution in [3.63, 3.8) is 0 Å². The molecule has 0 atom stereocenters. The van der Waals surface area contributed by atoms with Gasteiger partial charge in [-0.3, -0.25) is 4.79 Å². The summed E-state index contributed by atoms with van der Waals surface area (Å²) in [7, 11) is 0. The molecule has 3 N–H and O–H groups in total. The van der Waals surface area contributed by atoms with Crippen LogP contribution in [0.1, 0.15) is 20.3 Å². The molecular formula is C13H19ClN2O2. The van der Waals surface area contributed by atoms with Crippen LogP contribution < -0.4 is 15.8 Å². The van der Waals surface area contributed by atoms with Gasteiger partial charge in [0.15, 0.2) is 0 Å². The lowest BCUT2D eigenvalue weighted by atomic mass is 10.1. The summed E-state index contributed by atoms with van der Waals surface area (Å²) in [6, 6.07) is 7.17. The molecule has 0 aliphatic heterocycles. The number of halogens is 1. The molecule has 0 radical (unpaired) electrons. The number of ether oxygens (including phenoxy) is 1. The minimum atomic E-state index is -0.404. The Morgan fingerprint density at radius 2 is 2.11 bits per heavy atom. The zero-order chi connectivity index (χ0) is 13.6. The molecule has 0 aliphatic rings. The van der Waals surface area contributed by atoms with Gasteiger partial charge in [0.25, 0.3) is 0 Å². The minimum Gasteiger partial charge on any atom is -0.491 e. The van der Waals surface area contributed by atoms with Crippen LogP contribution in [-0.4, -0.2) is 24.6 Å². The lowest BCUT2D eigenvalue weighted by Gasteiger charge is -2.18. The van der Waals surface area contributed by atoms with Gasteiger partial charge in [-0.1, -0.05) is 23.7 Å². The van der Waals surface area contributed by atoms with E-state index in [1.54, 1.807) is 12.1 Å². The Kier molecular flexibility index (Phi) is 5.44. The molecular weight excluding hydrogens is 252 g/mol. The third kappa shape index (κ3) is 5.89. The van der Waals surface area contributed by atoms with E-state index in [-0.39, 0.29) is 12.3 Å². The van der Waals surface area contributed by atoms with Crippen LogP contribution in [-0.2, 0) is 4.79 Å². The highest BCUT2D eigenvalue weighted by atomic mass is 35.5. The molecule has 1 rings (SSSR count). The van der Waals surface area contributed by atoms with E-state index in [1.165, 1.54) is 0 Å². The first-order valence-corrected chi connectivity index (χ1v) is 6.19. The maximum absolute atomic E-state index is 11.5. The summed E-state index contributed by atoms with van der Waals surface area (Å²) >= 11 is 5.92. The van der Waals surface area contributed by atoms with E-state index >= 15 is 0 Å². The van der Waals surface area contributed by atoms with E-state index in [1.807, 2.05) is 26.0 Å². The van der Waals surface area contributed by atoms with Crippen molar-refractivity contribution in [2.45, 2.75) is 25.8 Å². The van der Waals surface area contributed by atoms with Crippen molar-refractivity contribution in [2.75, 3.05) is 13.2 Å². The highest BCUT2D eigenvalue weighted by molar-refractivity contribution is 6.32. The van der Waals surface area contributed by atoms with Gasteiger partial charge in [0, 0.05) is 12.1 Å². The number of nitrogens with two attached hydrogens (primary N) is 1. The fourth-order valence-corrected chi connectivity index (χ4v) is 1.42. The first-order valence-electron chi connectivity index (χ1n) is 5.81. The normalized spacial score (nSPS) is 11.1. The van der Waals surface area contributed by atoms with Gasteiger partial charge in [0.1, 0.15) is 5.75 Å². The van der Waals surface area contributed by atoms with E-state index in [9.17, 15) is 4.79 Å². The highest BCUT2D eigenvalue weighted by Gasteiger charge is 2.12. The lowest BCUT2D eigenvalue weighted by Crippen LogP contribution is -2.45. The quantitative estimate of drug-likeness (QED) is 0.831. The molecule has 0 fully saturated rings. The zero-order valence-corrected chi connectivity index (χ0v) is 11.5. The van der Waals surface area contributed by atoms with Crippen molar-refractivity contribution >= 4 is 17.5 Å². The molecule has 1 aromatic carbocycles. The van der Waals surface area contributed by atoms with E-state index in [0.29, 0.717) is 23.9 Å². The van der Waals surface area contributed by atoms with Gasteiger partial charge >= 0.3 is 0 Å². The number of amides is 1. The van der Waals surface area contributed by atoms with Crippen LogP contribution >= 0.6 is 11.6 Å². The van der Waals surface area contributed by atoms with Gasteiger partial charge in [-0.15, -0.1) is 0 Å². The Balaban J connectivity index is 2.26. The number of para-hydroxylation sites is 1. The van der Waals surface area contributed by atoms with E-state index in [4.69, 9.17) is 22.1 Å². The first-order chi connectivity index (χ1) is 8.38. The Bertz CT molecular complexity index is 402. The predicted octanol–water partition coefficient (Wildman–Crippen LogP) is 1.96. The molecule has 100 valence electrons. The number of carbonyl (C=O) groups excluding carboxylic acids is 1. The molecule has 0 bridgehead atoms. The fourth-order valence-electron chi connectivity index (χ4n) is 1.23. The standard InChI is InChI=1S/C13H19ClN2O2/c1-13(2,15)9-16-12(17)7-8-18-11-6-4-3-5-10(11)14/h3-6H,7-9,15H2,1-2H3,(H,16,17). The number of hydrogen-bond acceptors (Lipinski definition) is 3. The summed E-state index contributed by atoms with van der Waals surface area (Å²) in [6.07, 6.45) is 0.279. The molecule has 0 saturated carbocycles. The van der Waals surface area contributed by atoms with Crippen LogP contribution in [0.25, 0.3) is 0 Å². The molecule has 5 heteroatoms. The van der Waals surface area contributed by atoms with E-state index < -0.39 is 5.54 Å². The molecule has 0 aromatic heterocycles. The Morgan fingerprint density at radius 1 is 1.44 bits per heavy atom. The predicted molar refractivity (Wildman–Crippen MR) is 72.8 cm³/mol. The van der Waals surface area contributed by atoms with Crippen LogP contribution in [0.2, 0.25) is 5.02 Å².